The van der Waals surface area contributed by atoms with E-state index in [4.69, 9.17) is 5.26 Å². The van der Waals surface area contributed by atoms with Crippen molar-refractivity contribution in [3.05, 3.63) is 34.6 Å². The second-order valence-electron chi connectivity index (χ2n) is 7.61. The molecular weight excluding hydrogens is 380 g/mol. The molecule has 1 heterocycles. The van der Waals surface area contributed by atoms with E-state index in [0.29, 0.717) is 5.56 Å². The first-order chi connectivity index (χ1) is 13.8. The van der Waals surface area contributed by atoms with Crippen LogP contribution in [0.3, 0.4) is 0 Å². The maximum atomic E-state index is 14.3. The molecule has 0 bridgehead atoms. The Labute approximate surface area is 168 Å². The van der Waals surface area contributed by atoms with Crippen molar-refractivity contribution >= 4 is 12.1 Å². The SMILES string of the molecule is CNC(=O)N1C[C@@H](F)C[C@@H](N(C(=O)NCc2cc(C)c(C#N)cc2F)C2CC2)C1. The van der Waals surface area contributed by atoms with Gasteiger partial charge in [-0.25, -0.2) is 18.4 Å². The largest absolute Gasteiger partial charge is 0.341 e. The second-order valence-corrected chi connectivity index (χ2v) is 7.61. The number of carbonyl (C=O) groups excluding carboxylic acids is 2. The number of nitrogens with zero attached hydrogens (tertiary/aromatic N) is 3. The Morgan fingerprint density at radius 3 is 2.66 bits per heavy atom. The van der Waals surface area contributed by atoms with Gasteiger partial charge in [-0.15, -0.1) is 0 Å². The van der Waals surface area contributed by atoms with Gasteiger partial charge < -0.3 is 20.4 Å². The Balaban J connectivity index is 1.70. The number of nitriles is 1. The Hall–Kier alpha value is -2.89. The van der Waals surface area contributed by atoms with Gasteiger partial charge in [-0.3, -0.25) is 0 Å². The molecule has 1 aliphatic carbocycles. The topological polar surface area (TPSA) is 88.5 Å². The molecule has 3 rings (SSSR count). The van der Waals surface area contributed by atoms with Gasteiger partial charge in [-0.2, -0.15) is 5.26 Å². The summed E-state index contributed by atoms with van der Waals surface area (Å²) in [5, 5.41) is 14.2. The van der Waals surface area contributed by atoms with Crippen molar-refractivity contribution in [1.29, 1.82) is 5.26 Å². The standard InChI is InChI=1S/C20H25F2N5O2/c1-12-5-14(18(22)6-13(12)8-23)9-25-20(29)27(16-3-4-16)17-7-15(21)10-26(11-17)19(28)24-2/h5-6,15-17H,3-4,7,9-11H2,1-2H3,(H,24,28)(H,25,29)/t15-,17+/m0/s1. The first-order valence-corrected chi connectivity index (χ1v) is 9.70. The lowest BCUT2D eigenvalue weighted by atomic mass is 10.0. The van der Waals surface area contributed by atoms with Crippen molar-refractivity contribution < 1.29 is 18.4 Å². The van der Waals surface area contributed by atoms with E-state index in [9.17, 15) is 18.4 Å². The van der Waals surface area contributed by atoms with Gasteiger partial charge >= 0.3 is 12.1 Å². The average Bonchev–Trinajstić information content (AvgIpc) is 3.52. The van der Waals surface area contributed by atoms with Gasteiger partial charge in [0.05, 0.1) is 24.2 Å². The number of benzene rings is 1. The van der Waals surface area contributed by atoms with E-state index in [0.717, 1.165) is 18.9 Å². The minimum Gasteiger partial charge on any atom is -0.341 e. The number of hydrogen-bond donors (Lipinski definition) is 2. The smallest absolute Gasteiger partial charge is 0.318 e. The normalized spacial score (nSPS) is 21.3. The van der Waals surface area contributed by atoms with Gasteiger partial charge in [-0.05, 0) is 31.4 Å². The number of alkyl halides is 1. The quantitative estimate of drug-likeness (QED) is 0.806. The molecule has 2 N–H and O–H groups in total. The zero-order valence-corrected chi connectivity index (χ0v) is 16.5. The van der Waals surface area contributed by atoms with Crippen LogP contribution in [0.5, 0.6) is 0 Å². The van der Waals surface area contributed by atoms with Gasteiger partial charge in [-0.1, -0.05) is 6.07 Å². The minimum atomic E-state index is -1.21. The summed E-state index contributed by atoms with van der Waals surface area (Å²) in [5.74, 6) is -0.558. The first-order valence-electron chi connectivity index (χ1n) is 9.70. The van der Waals surface area contributed by atoms with Gasteiger partial charge in [0.1, 0.15) is 12.0 Å². The number of carbonyl (C=O) groups is 2. The first kappa shape index (κ1) is 20.8. The summed E-state index contributed by atoms with van der Waals surface area (Å²) in [4.78, 5) is 27.8. The fourth-order valence-corrected chi connectivity index (χ4v) is 3.78. The summed E-state index contributed by atoms with van der Waals surface area (Å²) in [7, 11) is 1.48. The van der Waals surface area contributed by atoms with E-state index in [2.05, 4.69) is 10.6 Å². The van der Waals surface area contributed by atoms with Crippen molar-refractivity contribution in [2.24, 2.45) is 0 Å². The molecule has 1 aliphatic heterocycles. The zero-order valence-electron chi connectivity index (χ0n) is 16.5. The van der Waals surface area contributed by atoms with Crippen LogP contribution in [0, 0.1) is 24.1 Å². The number of amides is 4. The van der Waals surface area contributed by atoms with E-state index >= 15 is 0 Å². The average molecular weight is 405 g/mol. The number of hydrogen-bond acceptors (Lipinski definition) is 3. The molecule has 0 aromatic heterocycles. The van der Waals surface area contributed by atoms with Crippen LogP contribution in [0.15, 0.2) is 12.1 Å². The predicted molar refractivity (Wildman–Crippen MR) is 102 cm³/mol. The highest BCUT2D eigenvalue weighted by Gasteiger charge is 2.42. The van der Waals surface area contributed by atoms with E-state index < -0.39 is 24.1 Å². The van der Waals surface area contributed by atoms with E-state index in [1.807, 2.05) is 6.07 Å². The lowest BCUT2D eigenvalue weighted by Crippen LogP contribution is -2.58. The highest BCUT2D eigenvalue weighted by molar-refractivity contribution is 5.76. The summed E-state index contributed by atoms with van der Waals surface area (Å²) < 4.78 is 28.5. The third kappa shape index (κ3) is 4.75. The van der Waals surface area contributed by atoms with E-state index in [-0.39, 0.29) is 49.3 Å². The Morgan fingerprint density at radius 2 is 2.03 bits per heavy atom. The molecule has 7 nitrogen and oxygen atoms in total. The summed E-state index contributed by atoms with van der Waals surface area (Å²) in [6.07, 6.45) is 0.608. The van der Waals surface area contributed by atoms with Crippen molar-refractivity contribution in [3.63, 3.8) is 0 Å². The molecule has 2 atom stereocenters. The Morgan fingerprint density at radius 1 is 1.31 bits per heavy atom. The number of rotatable bonds is 4. The fourth-order valence-electron chi connectivity index (χ4n) is 3.78. The van der Waals surface area contributed by atoms with Crippen molar-refractivity contribution in [3.8, 4) is 6.07 Å². The van der Waals surface area contributed by atoms with Crippen molar-refractivity contribution in [1.82, 2.24) is 20.4 Å². The van der Waals surface area contributed by atoms with Crippen molar-refractivity contribution in [2.45, 2.75) is 51.0 Å². The summed E-state index contributed by atoms with van der Waals surface area (Å²) in [6, 6.07) is 3.43. The van der Waals surface area contributed by atoms with Gasteiger partial charge in [0, 0.05) is 38.2 Å². The number of urea groups is 2. The maximum Gasteiger partial charge on any atom is 0.318 e. The molecule has 4 amide bonds. The van der Waals surface area contributed by atoms with E-state index in [1.165, 1.54) is 11.9 Å². The Bertz CT molecular complexity index is 837. The fraction of sp³-hybridized carbons (Fsp3) is 0.550. The lowest BCUT2D eigenvalue weighted by molar-refractivity contribution is 0.0758. The van der Waals surface area contributed by atoms with Crippen LogP contribution in [0.1, 0.15) is 36.0 Å². The zero-order chi connectivity index (χ0) is 21.1. The second kappa shape index (κ2) is 8.64. The molecule has 2 aliphatic rings. The van der Waals surface area contributed by atoms with Crippen LogP contribution in [0.2, 0.25) is 0 Å². The van der Waals surface area contributed by atoms with Crippen molar-refractivity contribution in [2.75, 3.05) is 20.1 Å². The number of aryl methyl sites for hydroxylation is 1. The van der Waals surface area contributed by atoms with Crippen LogP contribution in [0.25, 0.3) is 0 Å². The molecule has 0 spiro atoms. The van der Waals surface area contributed by atoms with Crippen LogP contribution in [-0.2, 0) is 6.54 Å². The molecule has 156 valence electrons. The van der Waals surface area contributed by atoms with Crippen LogP contribution in [-0.4, -0.2) is 60.3 Å². The maximum absolute atomic E-state index is 14.3. The molecule has 0 radical (unpaired) electrons. The van der Waals surface area contributed by atoms with Crippen LogP contribution in [0.4, 0.5) is 18.4 Å². The number of halogens is 2. The molecule has 1 saturated carbocycles. The van der Waals surface area contributed by atoms with Crippen LogP contribution < -0.4 is 10.6 Å². The highest BCUT2D eigenvalue weighted by atomic mass is 19.1. The highest BCUT2D eigenvalue weighted by Crippen LogP contribution is 2.32. The molecule has 1 aromatic rings. The minimum absolute atomic E-state index is 0.00406. The number of piperidine rings is 1. The molecule has 1 saturated heterocycles. The van der Waals surface area contributed by atoms with E-state index in [1.54, 1.807) is 17.9 Å². The number of nitrogens with one attached hydrogen (secondary N) is 2. The third-order valence-corrected chi connectivity index (χ3v) is 5.39. The Kier molecular flexibility index (Phi) is 6.20. The number of likely N-dealkylation sites (tertiary alicyclic amines) is 1. The molecule has 9 heteroatoms. The monoisotopic (exact) mass is 405 g/mol. The van der Waals surface area contributed by atoms with Gasteiger partial charge in [0.25, 0.3) is 0 Å². The lowest BCUT2D eigenvalue weighted by Gasteiger charge is -2.40. The molecule has 0 unspecified atom stereocenters. The molecule has 29 heavy (non-hydrogen) atoms. The molecule has 2 fully saturated rings. The van der Waals surface area contributed by atoms with Gasteiger partial charge in [0.2, 0.25) is 0 Å². The third-order valence-electron chi connectivity index (χ3n) is 5.39. The van der Waals surface area contributed by atoms with Gasteiger partial charge in [0.15, 0.2) is 0 Å². The summed E-state index contributed by atoms with van der Waals surface area (Å²) in [6.45, 7) is 1.93. The van der Waals surface area contributed by atoms with Crippen LogP contribution >= 0.6 is 0 Å². The molecule has 1 aromatic carbocycles. The molecular formula is C20H25F2N5O2. The summed E-state index contributed by atoms with van der Waals surface area (Å²) in [5.41, 5.74) is 1.17. The summed E-state index contributed by atoms with van der Waals surface area (Å²) >= 11 is 0. The predicted octanol–water partition coefficient (Wildman–Crippen LogP) is 2.43.